The fourth-order valence-electron chi connectivity index (χ4n) is 3.00. The van der Waals surface area contributed by atoms with Crippen molar-refractivity contribution in [2.75, 3.05) is 34.8 Å². The average molecular weight is 405 g/mol. The second kappa shape index (κ2) is 6.48. The summed E-state index contributed by atoms with van der Waals surface area (Å²) in [7, 11) is -0.613. The number of hydrogen-bond acceptors (Lipinski definition) is 6. The monoisotopic (exact) mass is 405 g/mol. The molecule has 4 rings (SSSR count). The van der Waals surface area contributed by atoms with Gasteiger partial charge in [-0.25, -0.2) is 0 Å². The number of ether oxygens (including phenoxy) is 3. The third-order valence-corrected chi connectivity index (χ3v) is 6.42. The molecule has 0 saturated heterocycles. The SMILES string of the molecule is C[C@H](Oc1ccc2c(c1)OCO2)C(=O)Nc1ccc2c(c1)N(C)S(=O)(=O)N2C. The van der Waals surface area contributed by atoms with Crippen LogP contribution in [0.3, 0.4) is 0 Å². The number of carbonyl (C=O) groups is 1. The molecule has 9 nitrogen and oxygen atoms in total. The van der Waals surface area contributed by atoms with Gasteiger partial charge in [0.1, 0.15) is 5.75 Å². The van der Waals surface area contributed by atoms with Gasteiger partial charge in [-0.2, -0.15) is 8.42 Å². The summed E-state index contributed by atoms with van der Waals surface area (Å²) >= 11 is 0. The fraction of sp³-hybridized carbons (Fsp3) is 0.278. The first-order chi connectivity index (χ1) is 13.3. The number of carbonyl (C=O) groups excluding carboxylic acids is 1. The van der Waals surface area contributed by atoms with Gasteiger partial charge in [-0.15, -0.1) is 0 Å². The Hall–Kier alpha value is -3.14. The Kier molecular flexibility index (Phi) is 4.22. The number of nitrogens with zero attached hydrogens (tertiary/aromatic N) is 2. The van der Waals surface area contributed by atoms with Gasteiger partial charge >= 0.3 is 10.2 Å². The molecule has 1 amide bonds. The maximum Gasteiger partial charge on any atom is 0.326 e. The van der Waals surface area contributed by atoms with Crippen molar-refractivity contribution < 1.29 is 27.4 Å². The Balaban J connectivity index is 1.46. The summed E-state index contributed by atoms with van der Waals surface area (Å²) in [6.07, 6.45) is -0.780. The summed E-state index contributed by atoms with van der Waals surface area (Å²) in [6, 6.07) is 9.99. The van der Waals surface area contributed by atoms with E-state index in [0.717, 1.165) is 0 Å². The molecule has 0 spiro atoms. The first-order valence-corrected chi connectivity index (χ1v) is 9.91. The van der Waals surface area contributed by atoms with Crippen molar-refractivity contribution in [1.82, 2.24) is 0 Å². The molecule has 28 heavy (non-hydrogen) atoms. The van der Waals surface area contributed by atoms with Crippen LogP contribution in [0.2, 0.25) is 0 Å². The van der Waals surface area contributed by atoms with E-state index in [1.54, 1.807) is 43.3 Å². The minimum atomic E-state index is -3.56. The van der Waals surface area contributed by atoms with Crippen LogP contribution in [0.25, 0.3) is 0 Å². The molecule has 148 valence electrons. The van der Waals surface area contributed by atoms with Gasteiger partial charge < -0.3 is 19.5 Å². The molecule has 0 radical (unpaired) electrons. The van der Waals surface area contributed by atoms with E-state index in [1.165, 1.54) is 22.7 Å². The number of rotatable bonds is 4. The van der Waals surface area contributed by atoms with Crippen LogP contribution >= 0.6 is 0 Å². The van der Waals surface area contributed by atoms with Crippen LogP contribution in [0.1, 0.15) is 6.92 Å². The van der Waals surface area contributed by atoms with E-state index >= 15 is 0 Å². The Bertz CT molecular complexity index is 1060. The van der Waals surface area contributed by atoms with Crippen molar-refractivity contribution in [2.24, 2.45) is 0 Å². The second-order valence-corrected chi connectivity index (χ2v) is 8.40. The lowest BCUT2D eigenvalue weighted by atomic mass is 10.2. The molecule has 1 N–H and O–H groups in total. The zero-order valence-corrected chi connectivity index (χ0v) is 16.3. The van der Waals surface area contributed by atoms with Gasteiger partial charge in [0.05, 0.1) is 11.4 Å². The number of nitrogens with one attached hydrogen (secondary N) is 1. The maximum atomic E-state index is 12.5. The lowest BCUT2D eigenvalue weighted by Gasteiger charge is -2.16. The van der Waals surface area contributed by atoms with Gasteiger partial charge in [0.15, 0.2) is 17.6 Å². The molecule has 2 aliphatic heterocycles. The molecule has 2 aliphatic rings. The first-order valence-electron chi connectivity index (χ1n) is 8.51. The third-order valence-electron chi connectivity index (χ3n) is 4.64. The highest BCUT2D eigenvalue weighted by atomic mass is 32.2. The van der Waals surface area contributed by atoms with Gasteiger partial charge in [0, 0.05) is 25.8 Å². The Morgan fingerprint density at radius 2 is 1.79 bits per heavy atom. The van der Waals surface area contributed by atoms with Crippen LogP contribution < -0.4 is 28.1 Å². The molecule has 0 aliphatic carbocycles. The van der Waals surface area contributed by atoms with E-state index in [9.17, 15) is 13.2 Å². The third kappa shape index (κ3) is 2.95. The number of anilines is 3. The standard InChI is InChI=1S/C18H19N3O6S/c1-11(27-13-5-7-16-17(9-13)26-10-25-16)18(22)19-12-4-6-14-15(8-12)21(3)28(23,24)20(14)2/h4-9,11H,10H2,1-3H3,(H,19,22)/t11-/m0/s1. The van der Waals surface area contributed by atoms with E-state index in [0.29, 0.717) is 34.3 Å². The molecule has 0 saturated carbocycles. The number of fused-ring (bicyclic) bond motifs is 2. The zero-order valence-electron chi connectivity index (χ0n) is 15.5. The van der Waals surface area contributed by atoms with Crippen LogP contribution in [0, 0.1) is 0 Å². The topological polar surface area (TPSA) is 97.4 Å². The number of hydrogen-bond donors (Lipinski definition) is 1. The number of benzene rings is 2. The molecular formula is C18H19N3O6S. The van der Waals surface area contributed by atoms with Crippen LogP contribution in [-0.4, -0.2) is 41.3 Å². The van der Waals surface area contributed by atoms with E-state index in [-0.39, 0.29) is 12.7 Å². The summed E-state index contributed by atoms with van der Waals surface area (Å²) in [6.45, 7) is 1.78. The van der Waals surface area contributed by atoms with E-state index in [4.69, 9.17) is 14.2 Å². The highest BCUT2D eigenvalue weighted by molar-refractivity contribution is 7.94. The van der Waals surface area contributed by atoms with Gasteiger partial charge in [0.25, 0.3) is 5.91 Å². The minimum Gasteiger partial charge on any atom is -0.481 e. The molecule has 1 atom stereocenters. The largest absolute Gasteiger partial charge is 0.481 e. The Labute approximate surface area is 162 Å². The van der Waals surface area contributed by atoms with Crippen LogP contribution in [0.5, 0.6) is 17.2 Å². The summed E-state index contributed by atoms with van der Waals surface area (Å²) in [5.74, 6) is 1.31. The average Bonchev–Trinajstić information content (AvgIpc) is 3.19. The van der Waals surface area contributed by atoms with E-state index in [2.05, 4.69) is 5.32 Å². The molecular weight excluding hydrogens is 386 g/mol. The Morgan fingerprint density at radius 1 is 1.07 bits per heavy atom. The van der Waals surface area contributed by atoms with Crippen molar-refractivity contribution in [2.45, 2.75) is 13.0 Å². The van der Waals surface area contributed by atoms with Crippen molar-refractivity contribution in [1.29, 1.82) is 0 Å². The minimum absolute atomic E-state index is 0.159. The van der Waals surface area contributed by atoms with Crippen LogP contribution in [0.4, 0.5) is 17.1 Å². The fourth-order valence-corrected chi connectivity index (χ4v) is 4.17. The summed E-state index contributed by atoms with van der Waals surface area (Å²) in [4.78, 5) is 12.5. The zero-order chi connectivity index (χ0) is 20.1. The highest BCUT2D eigenvalue weighted by Crippen LogP contribution is 2.40. The number of amides is 1. The van der Waals surface area contributed by atoms with Gasteiger partial charge in [-0.05, 0) is 37.3 Å². The van der Waals surface area contributed by atoms with E-state index < -0.39 is 16.3 Å². The summed E-state index contributed by atoms with van der Waals surface area (Å²) in [5, 5.41) is 2.75. The van der Waals surface area contributed by atoms with Gasteiger partial charge in [-0.3, -0.25) is 13.4 Å². The normalized spacial score (nSPS) is 17.2. The molecule has 2 aromatic rings. The van der Waals surface area contributed by atoms with E-state index in [1.807, 2.05) is 0 Å². The molecule has 0 bridgehead atoms. The van der Waals surface area contributed by atoms with Gasteiger partial charge in [0.2, 0.25) is 6.79 Å². The van der Waals surface area contributed by atoms with Crippen LogP contribution in [0.15, 0.2) is 36.4 Å². The Morgan fingerprint density at radius 3 is 2.57 bits per heavy atom. The van der Waals surface area contributed by atoms with Crippen molar-refractivity contribution in [3.63, 3.8) is 0 Å². The lowest BCUT2D eigenvalue weighted by Crippen LogP contribution is -2.32. The molecule has 0 unspecified atom stereocenters. The summed E-state index contributed by atoms with van der Waals surface area (Å²) < 4.78 is 43.0. The van der Waals surface area contributed by atoms with Gasteiger partial charge in [-0.1, -0.05) is 0 Å². The predicted octanol–water partition coefficient (Wildman–Crippen LogP) is 1.95. The predicted molar refractivity (Wildman–Crippen MR) is 103 cm³/mol. The highest BCUT2D eigenvalue weighted by Gasteiger charge is 2.35. The van der Waals surface area contributed by atoms with Crippen molar-refractivity contribution in [3.8, 4) is 17.2 Å². The molecule has 0 aromatic heterocycles. The van der Waals surface area contributed by atoms with Crippen molar-refractivity contribution >= 4 is 33.2 Å². The molecule has 2 aromatic carbocycles. The molecule has 2 heterocycles. The molecule has 10 heteroatoms. The quantitative estimate of drug-likeness (QED) is 0.835. The maximum absolute atomic E-state index is 12.5. The van der Waals surface area contributed by atoms with Crippen LogP contribution in [-0.2, 0) is 15.0 Å². The second-order valence-electron chi connectivity index (χ2n) is 6.41. The lowest BCUT2D eigenvalue weighted by molar-refractivity contribution is -0.122. The first kappa shape index (κ1) is 18.2. The summed E-state index contributed by atoms with van der Waals surface area (Å²) in [5.41, 5.74) is 1.51. The van der Waals surface area contributed by atoms with Crippen molar-refractivity contribution in [3.05, 3.63) is 36.4 Å². The smallest absolute Gasteiger partial charge is 0.326 e. The molecule has 0 fully saturated rings.